The summed E-state index contributed by atoms with van der Waals surface area (Å²) >= 11 is 6.81. The monoisotopic (exact) mass is 640 g/mol. The molecule has 232 valence electrons. The summed E-state index contributed by atoms with van der Waals surface area (Å²) in [4.78, 5) is 40.7. The van der Waals surface area contributed by atoms with Gasteiger partial charge in [0.1, 0.15) is 12.6 Å². The van der Waals surface area contributed by atoms with Crippen LogP contribution in [0.2, 0.25) is 4.34 Å². The molecule has 9 nitrogen and oxygen atoms in total. The Kier molecular flexibility index (Phi) is 11.1. The van der Waals surface area contributed by atoms with Crippen molar-refractivity contribution in [1.82, 2.24) is 10.2 Å². The number of anilines is 2. The lowest BCUT2D eigenvalue weighted by atomic mass is 9.95. The highest BCUT2D eigenvalue weighted by Crippen LogP contribution is 2.33. The number of thiophene rings is 1. The standard InChI is InChI=1S/C26H30ClF5N4O5S/c1-25(2,3)13-35(14-26(30,31)32)17(11-33-23(39)19-6-7-20(27)42-19)22(38)34-16-5-4-15(10-18(16)41-24(28)29)36-8-9-40-12-21(36)37/h4-7,10,17,24H,8-9,11-14H2,1-3H3,(H,33,39)(H,34,38)/t17-/m1/s1. The van der Waals surface area contributed by atoms with Gasteiger partial charge in [-0.25, -0.2) is 0 Å². The minimum atomic E-state index is -4.70. The second kappa shape index (κ2) is 14.0. The second-order valence-corrected chi connectivity index (χ2v) is 12.3. The molecular formula is C26H30ClF5N4O5S. The van der Waals surface area contributed by atoms with E-state index in [0.29, 0.717) is 4.34 Å². The first kappa shape index (κ1) is 33.5. The van der Waals surface area contributed by atoms with Crippen LogP contribution >= 0.6 is 22.9 Å². The van der Waals surface area contributed by atoms with Crippen molar-refractivity contribution in [1.29, 1.82) is 0 Å². The minimum Gasteiger partial charge on any atom is -0.433 e. The molecule has 42 heavy (non-hydrogen) atoms. The van der Waals surface area contributed by atoms with Gasteiger partial charge in [0.05, 0.1) is 28.1 Å². The Bertz CT molecular complexity index is 1250. The van der Waals surface area contributed by atoms with E-state index in [4.69, 9.17) is 16.3 Å². The lowest BCUT2D eigenvalue weighted by molar-refractivity contribution is -0.156. The molecule has 2 N–H and O–H groups in total. The summed E-state index contributed by atoms with van der Waals surface area (Å²) in [5.41, 5.74) is -0.776. The quantitative estimate of drug-likeness (QED) is 0.335. The number of benzene rings is 1. The van der Waals surface area contributed by atoms with Crippen molar-refractivity contribution in [3.8, 4) is 5.75 Å². The van der Waals surface area contributed by atoms with Crippen LogP contribution in [0.25, 0.3) is 0 Å². The van der Waals surface area contributed by atoms with Gasteiger partial charge in [-0.3, -0.25) is 19.3 Å². The van der Waals surface area contributed by atoms with Crippen LogP contribution < -0.4 is 20.3 Å². The molecule has 3 rings (SSSR count). The number of nitrogens with one attached hydrogen (secondary N) is 2. The fraction of sp³-hybridized carbons (Fsp3) is 0.500. The normalized spacial score (nSPS) is 15.2. The summed E-state index contributed by atoms with van der Waals surface area (Å²) in [6.45, 7) is -0.363. The van der Waals surface area contributed by atoms with Crippen molar-refractivity contribution in [2.45, 2.75) is 39.6 Å². The molecule has 2 heterocycles. The molecule has 3 amide bonds. The van der Waals surface area contributed by atoms with Crippen LogP contribution in [-0.2, 0) is 14.3 Å². The molecule has 0 radical (unpaired) electrons. The van der Waals surface area contributed by atoms with Crippen molar-refractivity contribution in [3.63, 3.8) is 0 Å². The molecule has 1 aromatic carbocycles. The number of halogens is 6. The van der Waals surface area contributed by atoms with E-state index >= 15 is 0 Å². The third-order valence-electron chi connectivity index (χ3n) is 5.79. The second-order valence-electron chi connectivity index (χ2n) is 10.6. The molecule has 0 spiro atoms. The highest BCUT2D eigenvalue weighted by Gasteiger charge is 2.39. The first-order valence-electron chi connectivity index (χ1n) is 12.6. The summed E-state index contributed by atoms with van der Waals surface area (Å²) in [6.07, 6.45) is -4.70. The molecule has 16 heteroatoms. The van der Waals surface area contributed by atoms with Crippen molar-refractivity contribution in [2.75, 3.05) is 49.6 Å². The number of carbonyl (C=O) groups excluding carboxylic acids is 3. The smallest absolute Gasteiger partial charge is 0.401 e. The molecule has 0 bridgehead atoms. The lowest BCUT2D eigenvalue weighted by Gasteiger charge is -2.36. The van der Waals surface area contributed by atoms with Crippen LogP contribution in [0.4, 0.5) is 33.3 Å². The van der Waals surface area contributed by atoms with Crippen molar-refractivity contribution in [2.24, 2.45) is 5.41 Å². The Morgan fingerprint density at radius 2 is 1.88 bits per heavy atom. The SMILES string of the molecule is CC(C)(C)CN(CC(F)(F)F)[C@H](CNC(=O)c1ccc(Cl)s1)C(=O)Nc1ccc(N2CCOCC2=O)cc1OC(F)F. The first-order chi connectivity index (χ1) is 19.5. The minimum absolute atomic E-state index is 0.148. The average Bonchev–Trinajstić information content (AvgIpc) is 3.29. The maximum atomic E-state index is 13.6. The summed E-state index contributed by atoms with van der Waals surface area (Å²) in [5, 5.41) is 4.84. The molecule has 1 aliphatic heterocycles. The molecule has 0 aliphatic carbocycles. The van der Waals surface area contributed by atoms with Crippen LogP contribution in [-0.4, -0.2) is 80.8 Å². The summed E-state index contributed by atoms with van der Waals surface area (Å²) in [5.74, 6) is -2.60. The number of alkyl halides is 5. The molecule has 1 saturated heterocycles. The van der Waals surface area contributed by atoms with E-state index in [9.17, 15) is 36.3 Å². The predicted molar refractivity (Wildman–Crippen MR) is 147 cm³/mol. The van der Waals surface area contributed by atoms with Crippen LogP contribution in [0.1, 0.15) is 30.4 Å². The number of carbonyl (C=O) groups is 3. The Labute approximate surface area is 247 Å². The fourth-order valence-electron chi connectivity index (χ4n) is 4.20. The van der Waals surface area contributed by atoms with E-state index in [-0.39, 0.29) is 42.6 Å². The number of rotatable bonds is 11. The summed E-state index contributed by atoms with van der Waals surface area (Å²) in [7, 11) is 0. The van der Waals surface area contributed by atoms with E-state index in [1.807, 2.05) is 0 Å². The van der Waals surface area contributed by atoms with Crippen molar-refractivity contribution in [3.05, 3.63) is 39.5 Å². The van der Waals surface area contributed by atoms with Gasteiger partial charge in [0.2, 0.25) is 5.91 Å². The van der Waals surface area contributed by atoms with Gasteiger partial charge in [0.25, 0.3) is 11.8 Å². The Balaban J connectivity index is 1.93. The Morgan fingerprint density at radius 3 is 2.45 bits per heavy atom. The van der Waals surface area contributed by atoms with E-state index in [1.165, 1.54) is 29.2 Å². The highest BCUT2D eigenvalue weighted by atomic mass is 35.5. The van der Waals surface area contributed by atoms with Gasteiger partial charge in [-0.05, 0) is 29.7 Å². The zero-order valence-electron chi connectivity index (χ0n) is 22.9. The van der Waals surface area contributed by atoms with E-state index in [2.05, 4.69) is 15.4 Å². The lowest BCUT2D eigenvalue weighted by Crippen LogP contribution is -2.55. The largest absolute Gasteiger partial charge is 0.433 e. The summed E-state index contributed by atoms with van der Waals surface area (Å²) < 4.78 is 77.5. The zero-order valence-corrected chi connectivity index (χ0v) is 24.5. The number of hydrogen-bond acceptors (Lipinski definition) is 7. The molecule has 0 unspecified atom stereocenters. The molecule has 1 aliphatic rings. The maximum absolute atomic E-state index is 13.6. The molecule has 1 atom stereocenters. The van der Waals surface area contributed by atoms with Crippen molar-refractivity contribution >= 4 is 52.0 Å². The van der Waals surface area contributed by atoms with Gasteiger partial charge in [-0.1, -0.05) is 32.4 Å². The number of hydrogen-bond donors (Lipinski definition) is 2. The van der Waals surface area contributed by atoms with Gasteiger partial charge >= 0.3 is 12.8 Å². The third-order valence-corrected chi connectivity index (χ3v) is 7.02. The van der Waals surface area contributed by atoms with Crippen LogP contribution in [0, 0.1) is 5.41 Å². The fourth-order valence-corrected chi connectivity index (χ4v) is 5.16. The molecular weight excluding hydrogens is 611 g/mol. The Hall–Kier alpha value is -3.01. The number of amides is 3. The van der Waals surface area contributed by atoms with Gasteiger partial charge in [0, 0.05) is 31.4 Å². The number of ether oxygens (including phenoxy) is 2. The van der Waals surface area contributed by atoms with Crippen LogP contribution in [0.5, 0.6) is 5.75 Å². The zero-order chi connectivity index (χ0) is 31.2. The molecule has 1 aromatic heterocycles. The van der Waals surface area contributed by atoms with Gasteiger partial charge in [-0.2, -0.15) is 22.0 Å². The molecule has 2 aromatic rings. The van der Waals surface area contributed by atoms with Crippen molar-refractivity contribution < 1.29 is 45.8 Å². The van der Waals surface area contributed by atoms with E-state index in [1.54, 1.807) is 20.8 Å². The first-order valence-corrected chi connectivity index (χ1v) is 13.8. The van der Waals surface area contributed by atoms with E-state index in [0.717, 1.165) is 22.3 Å². The number of nitrogens with zero attached hydrogens (tertiary/aromatic N) is 2. The molecule has 0 saturated carbocycles. The predicted octanol–water partition coefficient (Wildman–Crippen LogP) is 5.01. The topological polar surface area (TPSA) is 100 Å². The Morgan fingerprint density at radius 1 is 1.17 bits per heavy atom. The maximum Gasteiger partial charge on any atom is 0.401 e. The third kappa shape index (κ3) is 10.1. The van der Waals surface area contributed by atoms with Gasteiger partial charge < -0.3 is 25.0 Å². The van der Waals surface area contributed by atoms with Gasteiger partial charge in [-0.15, -0.1) is 11.3 Å². The van der Waals surface area contributed by atoms with Crippen LogP contribution in [0.3, 0.4) is 0 Å². The highest BCUT2D eigenvalue weighted by molar-refractivity contribution is 7.18. The van der Waals surface area contributed by atoms with Gasteiger partial charge in [0.15, 0.2) is 5.75 Å². The number of morpholine rings is 1. The average molecular weight is 641 g/mol. The van der Waals surface area contributed by atoms with E-state index < -0.39 is 60.8 Å². The summed E-state index contributed by atoms with van der Waals surface area (Å²) in [6, 6.07) is 5.01. The molecule has 1 fully saturated rings. The van der Waals surface area contributed by atoms with Crippen LogP contribution in [0.15, 0.2) is 30.3 Å².